The van der Waals surface area contributed by atoms with E-state index in [1.54, 1.807) is 31.2 Å². The van der Waals surface area contributed by atoms with Crippen LogP contribution in [0.5, 0.6) is 0 Å². The number of carbonyl (C=O) groups is 2. The number of sulfonamides is 1. The molecule has 2 aromatic carbocycles. The first-order chi connectivity index (χ1) is 13.7. The van der Waals surface area contributed by atoms with E-state index in [-0.39, 0.29) is 11.5 Å². The van der Waals surface area contributed by atoms with E-state index in [0.29, 0.717) is 16.0 Å². The monoisotopic (exact) mass is 436 g/mol. The van der Waals surface area contributed by atoms with Gasteiger partial charge in [-0.1, -0.05) is 0 Å². The number of hydrogen-bond acceptors (Lipinski definition) is 6. The largest absolute Gasteiger partial charge is 0.462 e. The minimum absolute atomic E-state index is 0.223. The van der Waals surface area contributed by atoms with Crippen molar-refractivity contribution < 1.29 is 27.1 Å². The van der Waals surface area contributed by atoms with Crippen molar-refractivity contribution in [3.63, 3.8) is 0 Å². The molecule has 0 saturated heterocycles. The molecular formula is C19H17FN2O5S2. The molecule has 152 valence electrons. The van der Waals surface area contributed by atoms with E-state index < -0.39 is 33.3 Å². The van der Waals surface area contributed by atoms with Crippen molar-refractivity contribution >= 4 is 49.0 Å². The van der Waals surface area contributed by atoms with Crippen LogP contribution in [0.2, 0.25) is 0 Å². The molecule has 3 aromatic rings. The van der Waals surface area contributed by atoms with Crippen molar-refractivity contribution in [1.82, 2.24) is 4.72 Å². The standard InChI is InChI=1S/C19H17FN2O5S2/c1-3-27-19(24)17-9-11-8-12(4-7-16(11)28-17)22-18(23)14-10-13(5-6-15(14)20)29(25,26)21-2/h4-10,21H,3H2,1-2H3,(H,22,23). The van der Waals surface area contributed by atoms with Crippen LogP contribution in [0, 0.1) is 5.82 Å². The Balaban J connectivity index is 1.88. The van der Waals surface area contributed by atoms with E-state index in [2.05, 4.69) is 10.0 Å². The molecule has 1 heterocycles. The molecule has 1 amide bonds. The van der Waals surface area contributed by atoms with E-state index in [9.17, 15) is 22.4 Å². The summed E-state index contributed by atoms with van der Waals surface area (Å²) in [6, 6.07) is 9.58. The normalized spacial score (nSPS) is 11.4. The quantitative estimate of drug-likeness (QED) is 0.577. The molecule has 0 atom stereocenters. The van der Waals surface area contributed by atoms with Gasteiger partial charge >= 0.3 is 5.97 Å². The van der Waals surface area contributed by atoms with Crippen LogP contribution in [0.15, 0.2) is 47.4 Å². The molecule has 0 aliphatic rings. The highest BCUT2D eigenvalue weighted by Crippen LogP contribution is 2.29. The molecule has 7 nitrogen and oxygen atoms in total. The van der Waals surface area contributed by atoms with E-state index in [1.165, 1.54) is 18.4 Å². The second-order valence-electron chi connectivity index (χ2n) is 5.89. The summed E-state index contributed by atoms with van der Waals surface area (Å²) >= 11 is 1.26. The number of rotatable bonds is 6. The zero-order valence-corrected chi connectivity index (χ0v) is 17.1. The van der Waals surface area contributed by atoms with E-state index >= 15 is 0 Å². The summed E-state index contributed by atoms with van der Waals surface area (Å²) in [6.45, 7) is 1.98. The number of anilines is 1. The smallest absolute Gasteiger partial charge is 0.348 e. The van der Waals surface area contributed by atoms with Gasteiger partial charge in [-0.2, -0.15) is 0 Å². The van der Waals surface area contributed by atoms with Crippen molar-refractivity contribution in [3.8, 4) is 0 Å². The van der Waals surface area contributed by atoms with Gasteiger partial charge in [0.1, 0.15) is 10.7 Å². The maximum absolute atomic E-state index is 14.1. The Hall–Kier alpha value is -2.82. The molecule has 0 aliphatic carbocycles. The van der Waals surface area contributed by atoms with Gasteiger partial charge in [-0.15, -0.1) is 11.3 Å². The lowest BCUT2D eigenvalue weighted by molar-refractivity contribution is 0.0532. The molecular weight excluding hydrogens is 419 g/mol. The number of carbonyl (C=O) groups excluding carboxylic acids is 2. The van der Waals surface area contributed by atoms with Crippen molar-refractivity contribution in [1.29, 1.82) is 0 Å². The second kappa shape index (κ2) is 8.27. The highest BCUT2D eigenvalue weighted by Gasteiger charge is 2.19. The highest BCUT2D eigenvalue weighted by atomic mass is 32.2. The SMILES string of the molecule is CCOC(=O)c1cc2cc(NC(=O)c3cc(S(=O)(=O)NC)ccc3F)ccc2s1. The van der Waals surface area contributed by atoms with Crippen molar-refractivity contribution in [2.75, 3.05) is 19.0 Å². The summed E-state index contributed by atoms with van der Waals surface area (Å²) < 4.78 is 45.8. The Labute approximate surface area is 170 Å². The Morgan fingerprint density at radius 1 is 1.14 bits per heavy atom. The third kappa shape index (κ3) is 4.44. The first-order valence-electron chi connectivity index (χ1n) is 8.50. The van der Waals surface area contributed by atoms with Crippen LogP contribution in [0.25, 0.3) is 10.1 Å². The molecule has 0 fully saturated rings. The predicted molar refractivity (Wildman–Crippen MR) is 108 cm³/mol. The van der Waals surface area contributed by atoms with E-state index in [0.717, 1.165) is 22.9 Å². The molecule has 0 radical (unpaired) electrons. The third-order valence-electron chi connectivity index (χ3n) is 4.01. The van der Waals surface area contributed by atoms with Gasteiger partial charge in [-0.05, 0) is 61.8 Å². The van der Waals surface area contributed by atoms with Crippen LogP contribution in [-0.2, 0) is 14.8 Å². The number of ether oxygens (including phenoxy) is 1. The summed E-state index contributed by atoms with van der Waals surface area (Å²) in [6.07, 6.45) is 0. The number of nitrogens with one attached hydrogen (secondary N) is 2. The average Bonchev–Trinajstić information content (AvgIpc) is 3.12. The summed E-state index contributed by atoms with van der Waals surface area (Å²) in [5.41, 5.74) is -0.0315. The fraction of sp³-hybridized carbons (Fsp3) is 0.158. The molecule has 3 rings (SSSR count). The van der Waals surface area contributed by atoms with Gasteiger partial charge in [-0.25, -0.2) is 22.3 Å². The molecule has 0 spiro atoms. The summed E-state index contributed by atoms with van der Waals surface area (Å²) in [5, 5.41) is 3.26. The van der Waals surface area contributed by atoms with Crippen LogP contribution < -0.4 is 10.0 Å². The van der Waals surface area contributed by atoms with Crippen LogP contribution in [0.4, 0.5) is 10.1 Å². The van der Waals surface area contributed by atoms with Crippen molar-refractivity contribution in [2.45, 2.75) is 11.8 Å². The van der Waals surface area contributed by atoms with Gasteiger partial charge in [0.15, 0.2) is 0 Å². The number of halogens is 1. The molecule has 10 heteroatoms. The Kier molecular flexibility index (Phi) is 5.96. The van der Waals surface area contributed by atoms with Crippen molar-refractivity contribution in [3.05, 3.63) is 58.7 Å². The lowest BCUT2D eigenvalue weighted by Gasteiger charge is -2.09. The minimum atomic E-state index is -3.82. The molecule has 29 heavy (non-hydrogen) atoms. The summed E-state index contributed by atoms with van der Waals surface area (Å²) in [4.78, 5) is 24.6. The van der Waals surface area contributed by atoms with Crippen LogP contribution in [0.1, 0.15) is 27.0 Å². The van der Waals surface area contributed by atoms with Gasteiger partial charge < -0.3 is 10.1 Å². The van der Waals surface area contributed by atoms with E-state index in [1.807, 2.05) is 0 Å². The van der Waals surface area contributed by atoms with Crippen LogP contribution in [-0.4, -0.2) is 33.9 Å². The maximum Gasteiger partial charge on any atom is 0.348 e. The molecule has 0 bridgehead atoms. The first-order valence-corrected chi connectivity index (χ1v) is 10.8. The van der Waals surface area contributed by atoms with Gasteiger partial charge in [0, 0.05) is 10.4 Å². The fourth-order valence-corrected chi connectivity index (χ4v) is 4.28. The topological polar surface area (TPSA) is 102 Å². The maximum atomic E-state index is 14.1. The molecule has 2 N–H and O–H groups in total. The van der Waals surface area contributed by atoms with Gasteiger partial charge in [-0.3, -0.25) is 4.79 Å². The van der Waals surface area contributed by atoms with Gasteiger partial charge in [0.2, 0.25) is 10.0 Å². The highest BCUT2D eigenvalue weighted by molar-refractivity contribution is 7.89. The number of hydrogen-bond donors (Lipinski definition) is 2. The van der Waals surface area contributed by atoms with Gasteiger partial charge in [0.25, 0.3) is 5.91 Å². The third-order valence-corrected chi connectivity index (χ3v) is 6.52. The molecule has 0 aliphatic heterocycles. The zero-order chi connectivity index (χ0) is 21.2. The molecule has 0 unspecified atom stereocenters. The molecule has 0 saturated carbocycles. The molecule has 1 aromatic heterocycles. The number of thiophene rings is 1. The fourth-order valence-electron chi connectivity index (χ4n) is 2.59. The number of benzene rings is 2. The minimum Gasteiger partial charge on any atom is -0.462 e. The first kappa shape index (κ1) is 20.9. The second-order valence-corrected chi connectivity index (χ2v) is 8.86. The number of amides is 1. The predicted octanol–water partition coefficient (Wildman–Crippen LogP) is 3.38. The number of fused-ring (bicyclic) bond motifs is 1. The lowest BCUT2D eigenvalue weighted by Crippen LogP contribution is -2.20. The lowest BCUT2D eigenvalue weighted by atomic mass is 10.2. The Morgan fingerprint density at radius 3 is 2.59 bits per heavy atom. The van der Waals surface area contributed by atoms with E-state index in [4.69, 9.17) is 4.74 Å². The Bertz CT molecular complexity index is 1200. The summed E-state index contributed by atoms with van der Waals surface area (Å²) in [7, 11) is -2.60. The number of esters is 1. The van der Waals surface area contributed by atoms with Crippen LogP contribution in [0.3, 0.4) is 0 Å². The Morgan fingerprint density at radius 2 is 1.90 bits per heavy atom. The van der Waals surface area contributed by atoms with Gasteiger partial charge in [0.05, 0.1) is 17.1 Å². The van der Waals surface area contributed by atoms with Crippen molar-refractivity contribution in [2.24, 2.45) is 0 Å². The van der Waals surface area contributed by atoms with Crippen LogP contribution >= 0.6 is 11.3 Å². The zero-order valence-electron chi connectivity index (χ0n) is 15.5. The average molecular weight is 436 g/mol. The summed E-state index contributed by atoms with van der Waals surface area (Å²) in [5.74, 6) is -2.07.